The molecule has 1 heterocycles. The number of hydrogen-bond acceptors (Lipinski definition) is 7. The van der Waals surface area contributed by atoms with Gasteiger partial charge in [-0.1, -0.05) is 35.9 Å². The average molecular weight is 639 g/mol. The Morgan fingerprint density at radius 3 is 2.45 bits per heavy atom. The van der Waals surface area contributed by atoms with Crippen molar-refractivity contribution in [2.24, 2.45) is 0 Å². The van der Waals surface area contributed by atoms with E-state index >= 15 is 0 Å². The molecule has 44 heavy (non-hydrogen) atoms. The number of hydrogen-bond donors (Lipinski definition) is 1. The molecule has 0 atom stereocenters. The van der Waals surface area contributed by atoms with Crippen molar-refractivity contribution in [1.82, 2.24) is 0 Å². The largest absolute Gasteiger partial charge is 0.496 e. The molecule has 1 N–H and O–H groups in total. The Labute approximate surface area is 261 Å². The number of aryl methyl sites for hydroxylation is 1. The number of carbonyl (C=O) groups excluding carboxylic acids is 1. The van der Waals surface area contributed by atoms with E-state index in [1.165, 1.54) is 31.4 Å². The maximum Gasteiger partial charge on any atom is 0.313 e. The lowest BCUT2D eigenvalue weighted by atomic mass is 9.91. The van der Waals surface area contributed by atoms with Crippen LogP contribution in [-0.4, -0.2) is 34.0 Å². The molecule has 0 bridgehead atoms. The molecule has 0 aromatic heterocycles. The summed E-state index contributed by atoms with van der Waals surface area (Å²) < 4.78 is 57.0. The highest BCUT2D eigenvalue weighted by atomic mass is 35.5. The summed E-state index contributed by atoms with van der Waals surface area (Å²) in [7, 11) is -0.852. The number of carbonyl (C=O) groups is 1. The van der Waals surface area contributed by atoms with Gasteiger partial charge in [-0.15, -0.1) is 0 Å². The molecule has 4 aromatic rings. The highest BCUT2D eigenvalue weighted by molar-refractivity contribution is 7.86. The number of halogens is 2. The van der Waals surface area contributed by atoms with Gasteiger partial charge in [-0.05, 0) is 73.9 Å². The first kappa shape index (κ1) is 31.2. The zero-order valence-electron chi connectivity index (χ0n) is 24.9. The van der Waals surface area contributed by atoms with Crippen molar-refractivity contribution in [2.45, 2.75) is 38.7 Å². The van der Waals surface area contributed by atoms with Crippen LogP contribution >= 0.6 is 11.6 Å². The Hall–Kier alpha value is -4.28. The van der Waals surface area contributed by atoms with Crippen LogP contribution in [0.15, 0.2) is 72.8 Å². The minimum absolute atomic E-state index is 0.00203. The van der Waals surface area contributed by atoms with Gasteiger partial charge in [0, 0.05) is 35.3 Å². The van der Waals surface area contributed by atoms with E-state index in [4.69, 9.17) is 25.3 Å². The number of anilines is 2. The number of nitrogens with zero attached hydrogens (tertiary/aromatic N) is 1. The van der Waals surface area contributed by atoms with Crippen LogP contribution in [-0.2, 0) is 27.3 Å². The first-order chi connectivity index (χ1) is 20.8. The maximum absolute atomic E-state index is 14.1. The minimum Gasteiger partial charge on any atom is -0.496 e. The third-order valence-electron chi connectivity index (χ3n) is 7.35. The summed E-state index contributed by atoms with van der Waals surface area (Å²) in [6.45, 7) is 5.42. The highest BCUT2D eigenvalue weighted by Gasteiger charge is 2.38. The smallest absolute Gasteiger partial charge is 0.313 e. The number of likely N-dealkylation sites (N-methyl/N-ethyl adjacent to an activating group) is 1. The molecular weight excluding hydrogens is 607 g/mol. The van der Waals surface area contributed by atoms with E-state index in [9.17, 15) is 17.6 Å². The van der Waals surface area contributed by atoms with Crippen LogP contribution in [0.4, 0.5) is 15.8 Å². The van der Waals surface area contributed by atoms with Gasteiger partial charge < -0.3 is 23.9 Å². The SMILES string of the molecule is COc1cc(OS(=O)(=O)Cc2cccc(Cl)c2)ccc1-c1ccc2c(c1COc1cc(F)ccc1C)N(C)C(=O)C(C)(C)N2. The van der Waals surface area contributed by atoms with Gasteiger partial charge in [-0.2, -0.15) is 8.42 Å². The molecule has 0 aliphatic carbocycles. The monoisotopic (exact) mass is 638 g/mol. The number of nitrogens with one attached hydrogen (secondary N) is 1. The zero-order valence-corrected chi connectivity index (χ0v) is 26.5. The molecule has 4 aromatic carbocycles. The summed E-state index contributed by atoms with van der Waals surface area (Å²) >= 11 is 6.01. The fourth-order valence-electron chi connectivity index (χ4n) is 5.26. The maximum atomic E-state index is 14.1. The standard InChI is InChI=1S/C33H32ClFN2O6S/c1-20-9-10-23(35)16-29(20)42-18-27-25(13-14-28-31(27)37(4)32(38)33(2,3)36-28)26-12-11-24(17-30(26)41-5)43-44(39,40)19-21-7-6-8-22(34)15-21/h6-17,36H,18-19H2,1-5H3. The van der Waals surface area contributed by atoms with Crippen molar-refractivity contribution in [3.05, 3.63) is 100 Å². The molecule has 0 spiro atoms. The number of ether oxygens (including phenoxy) is 2. The molecule has 1 aliphatic heterocycles. The van der Waals surface area contributed by atoms with Crippen LogP contribution in [0.5, 0.6) is 17.2 Å². The first-order valence-corrected chi connectivity index (χ1v) is 15.7. The molecular formula is C33H32ClFN2O6S. The van der Waals surface area contributed by atoms with Crippen molar-refractivity contribution in [3.63, 3.8) is 0 Å². The van der Waals surface area contributed by atoms with Gasteiger partial charge in [0.2, 0.25) is 0 Å². The Balaban J connectivity index is 1.55. The molecule has 0 saturated carbocycles. The van der Waals surface area contributed by atoms with Gasteiger partial charge in [0.25, 0.3) is 5.91 Å². The summed E-state index contributed by atoms with van der Waals surface area (Å²) in [6.07, 6.45) is 0. The third kappa shape index (κ3) is 6.46. The second-order valence-corrected chi connectivity index (χ2v) is 13.1. The molecule has 8 nitrogen and oxygen atoms in total. The van der Waals surface area contributed by atoms with Gasteiger partial charge in [0.05, 0.1) is 18.5 Å². The number of rotatable bonds is 9. The Bertz CT molecular complexity index is 1860. The van der Waals surface area contributed by atoms with Gasteiger partial charge in [-0.25, -0.2) is 4.39 Å². The molecule has 230 valence electrons. The highest BCUT2D eigenvalue weighted by Crippen LogP contribution is 2.45. The predicted molar refractivity (Wildman–Crippen MR) is 170 cm³/mol. The Morgan fingerprint density at radius 1 is 0.977 bits per heavy atom. The summed E-state index contributed by atoms with van der Waals surface area (Å²) in [5.41, 5.74) is 3.65. The van der Waals surface area contributed by atoms with Gasteiger partial charge in [-0.3, -0.25) is 4.79 Å². The average Bonchev–Trinajstić information content (AvgIpc) is 2.95. The van der Waals surface area contributed by atoms with Crippen molar-refractivity contribution >= 4 is 39.0 Å². The predicted octanol–water partition coefficient (Wildman–Crippen LogP) is 7.12. The zero-order chi connectivity index (χ0) is 31.8. The van der Waals surface area contributed by atoms with E-state index in [0.29, 0.717) is 44.5 Å². The number of amides is 1. The lowest BCUT2D eigenvalue weighted by Gasteiger charge is -2.39. The molecule has 1 amide bonds. The van der Waals surface area contributed by atoms with Crippen molar-refractivity contribution < 1.29 is 31.3 Å². The topological polar surface area (TPSA) is 94.2 Å². The van der Waals surface area contributed by atoms with Crippen molar-refractivity contribution in [2.75, 3.05) is 24.4 Å². The van der Waals surface area contributed by atoms with E-state index < -0.39 is 21.5 Å². The molecule has 1 aliphatic rings. The Kier molecular flexibility index (Phi) is 8.51. The van der Waals surface area contributed by atoms with Crippen LogP contribution in [0.3, 0.4) is 0 Å². The fraction of sp³-hybridized carbons (Fsp3) is 0.242. The number of benzene rings is 4. The summed E-state index contributed by atoms with van der Waals surface area (Å²) in [6, 6.07) is 19.3. The molecule has 11 heteroatoms. The second kappa shape index (κ2) is 12.0. The van der Waals surface area contributed by atoms with Crippen LogP contribution in [0.1, 0.15) is 30.5 Å². The normalized spacial score (nSPS) is 14.1. The van der Waals surface area contributed by atoms with Gasteiger partial charge >= 0.3 is 10.1 Å². The van der Waals surface area contributed by atoms with Gasteiger partial charge in [0.15, 0.2) is 0 Å². The molecule has 5 rings (SSSR count). The quantitative estimate of drug-likeness (QED) is 0.195. The third-order valence-corrected chi connectivity index (χ3v) is 8.71. The molecule has 0 unspecified atom stereocenters. The molecule has 0 saturated heterocycles. The van der Waals surface area contributed by atoms with Crippen LogP contribution in [0, 0.1) is 12.7 Å². The van der Waals surface area contributed by atoms with Gasteiger partial charge in [0.1, 0.15) is 41.0 Å². The minimum atomic E-state index is -4.02. The Morgan fingerprint density at radius 2 is 1.73 bits per heavy atom. The van der Waals surface area contributed by atoms with Crippen LogP contribution in [0.25, 0.3) is 11.1 Å². The second-order valence-electron chi connectivity index (χ2n) is 11.1. The van der Waals surface area contributed by atoms with E-state index in [0.717, 1.165) is 11.3 Å². The van der Waals surface area contributed by atoms with Crippen molar-refractivity contribution in [1.29, 1.82) is 0 Å². The number of fused-ring (bicyclic) bond motifs is 1. The fourth-order valence-corrected chi connectivity index (χ4v) is 6.52. The summed E-state index contributed by atoms with van der Waals surface area (Å²) in [4.78, 5) is 14.9. The lowest BCUT2D eigenvalue weighted by Crippen LogP contribution is -2.52. The molecule has 0 radical (unpaired) electrons. The van der Waals surface area contributed by atoms with Crippen LogP contribution in [0.2, 0.25) is 5.02 Å². The molecule has 0 fully saturated rings. The number of methoxy groups -OCH3 is 1. The van der Waals surface area contributed by atoms with E-state index in [2.05, 4.69) is 5.32 Å². The van der Waals surface area contributed by atoms with E-state index in [-0.39, 0.29) is 24.0 Å². The summed E-state index contributed by atoms with van der Waals surface area (Å²) in [5, 5.41) is 3.73. The van der Waals surface area contributed by atoms with Crippen molar-refractivity contribution in [3.8, 4) is 28.4 Å². The summed E-state index contributed by atoms with van der Waals surface area (Å²) in [5.74, 6) is -0.179. The van der Waals surface area contributed by atoms with E-state index in [1.54, 1.807) is 62.2 Å². The van der Waals surface area contributed by atoms with E-state index in [1.807, 2.05) is 19.1 Å². The van der Waals surface area contributed by atoms with Crippen LogP contribution < -0.4 is 23.9 Å². The first-order valence-electron chi connectivity index (χ1n) is 13.7. The lowest BCUT2D eigenvalue weighted by molar-refractivity contribution is -0.121.